The number of nitrogens with one attached hydrogen (secondary N) is 2. The summed E-state index contributed by atoms with van der Waals surface area (Å²) in [6, 6.07) is 17.7. The fraction of sp³-hybridized carbons (Fsp3) is 0.0526. The van der Waals surface area contributed by atoms with Crippen LogP contribution in [0.15, 0.2) is 70.6 Å². The molecule has 130 valence electrons. The van der Waals surface area contributed by atoms with E-state index in [1.807, 2.05) is 30.3 Å². The molecule has 0 bridgehead atoms. The molecular weight excluding hydrogens is 332 g/mol. The van der Waals surface area contributed by atoms with Crippen LogP contribution >= 0.6 is 0 Å². The monoisotopic (exact) mass is 348 g/mol. The van der Waals surface area contributed by atoms with E-state index in [4.69, 9.17) is 4.74 Å². The van der Waals surface area contributed by atoms with Gasteiger partial charge in [0, 0.05) is 18.6 Å². The standard InChI is InChI=1S/C19H16N4O3/c1-13(24)26-16-9-7-14(8-10-16)12-20-23-19-21-17(11-18(25)22-19)15-5-3-2-4-6-15/h2-12H,1H3,(H2,21,22,23,25)/b20-12-. The van der Waals surface area contributed by atoms with Gasteiger partial charge in [-0.05, 0) is 29.8 Å². The molecule has 0 aliphatic rings. The van der Waals surface area contributed by atoms with Crippen LogP contribution in [0, 0.1) is 0 Å². The number of carbonyl (C=O) groups excluding carboxylic acids is 1. The Hall–Kier alpha value is -3.74. The minimum Gasteiger partial charge on any atom is -0.427 e. The number of nitrogens with zero attached hydrogens (tertiary/aromatic N) is 2. The van der Waals surface area contributed by atoms with Crippen LogP contribution in [0.25, 0.3) is 11.3 Å². The van der Waals surface area contributed by atoms with E-state index in [-0.39, 0.29) is 17.5 Å². The molecule has 3 rings (SSSR count). The van der Waals surface area contributed by atoms with Crippen molar-refractivity contribution in [1.29, 1.82) is 0 Å². The molecule has 1 aromatic heterocycles. The third kappa shape index (κ3) is 4.64. The van der Waals surface area contributed by atoms with Crippen molar-refractivity contribution in [3.63, 3.8) is 0 Å². The molecular formula is C19H16N4O3. The molecule has 0 spiro atoms. The van der Waals surface area contributed by atoms with Gasteiger partial charge < -0.3 is 4.74 Å². The zero-order valence-electron chi connectivity index (χ0n) is 14.0. The molecule has 0 fully saturated rings. The molecule has 7 heteroatoms. The highest BCUT2D eigenvalue weighted by Gasteiger charge is 2.03. The number of aromatic amines is 1. The minimum atomic E-state index is -0.374. The van der Waals surface area contributed by atoms with Crippen molar-refractivity contribution in [3.8, 4) is 17.0 Å². The van der Waals surface area contributed by atoms with Crippen LogP contribution < -0.4 is 15.7 Å². The Bertz CT molecular complexity index is 980. The summed E-state index contributed by atoms with van der Waals surface area (Å²) in [5.41, 5.74) is 4.61. The normalized spacial score (nSPS) is 10.7. The van der Waals surface area contributed by atoms with Gasteiger partial charge in [-0.25, -0.2) is 10.4 Å². The van der Waals surface area contributed by atoms with Crippen molar-refractivity contribution in [2.75, 3.05) is 5.43 Å². The van der Waals surface area contributed by atoms with Crippen molar-refractivity contribution in [2.24, 2.45) is 5.10 Å². The lowest BCUT2D eigenvalue weighted by atomic mass is 10.1. The molecule has 2 N–H and O–H groups in total. The minimum absolute atomic E-state index is 0.240. The first-order chi connectivity index (χ1) is 12.6. The number of rotatable bonds is 5. The van der Waals surface area contributed by atoms with Gasteiger partial charge in [-0.1, -0.05) is 30.3 Å². The second kappa shape index (κ2) is 7.89. The van der Waals surface area contributed by atoms with Gasteiger partial charge in [0.05, 0.1) is 11.9 Å². The maximum Gasteiger partial charge on any atom is 0.308 e. The highest BCUT2D eigenvalue weighted by atomic mass is 16.5. The quantitative estimate of drug-likeness (QED) is 0.320. The Morgan fingerprint density at radius 2 is 1.88 bits per heavy atom. The second-order valence-corrected chi connectivity index (χ2v) is 5.38. The van der Waals surface area contributed by atoms with Crippen LogP contribution in [-0.2, 0) is 4.79 Å². The summed E-state index contributed by atoms with van der Waals surface area (Å²) < 4.78 is 4.96. The van der Waals surface area contributed by atoms with Crippen LogP contribution in [0.5, 0.6) is 5.75 Å². The number of esters is 1. The summed E-state index contributed by atoms with van der Waals surface area (Å²) in [5.74, 6) is 0.328. The third-order valence-electron chi connectivity index (χ3n) is 3.34. The summed E-state index contributed by atoms with van der Waals surface area (Å²) in [6.07, 6.45) is 1.56. The average Bonchev–Trinajstić information content (AvgIpc) is 2.63. The summed E-state index contributed by atoms with van der Waals surface area (Å²) in [7, 11) is 0. The van der Waals surface area contributed by atoms with Crippen molar-refractivity contribution < 1.29 is 9.53 Å². The van der Waals surface area contributed by atoms with E-state index < -0.39 is 0 Å². The Morgan fingerprint density at radius 3 is 2.58 bits per heavy atom. The number of hydrogen-bond acceptors (Lipinski definition) is 6. The Kier molecular flexibility index (Phi) is 5.19. The highest BCUT2D eigenvalue weighted by molar-refractivity contribution is 5.80. The molecule has 0 amide bonds. The SMILES string of the molecule is CC(=O)Oc1ccc(/C=N\Nc2nc(-c3ccccc3)cc(=O)[nH]2)cc1. The van der Waals surface area contributed by atoms with E-state index in [2.05, 4.69) is 20.5 Å². The van der Waals surface area contributed by atoms with Crippen molar-refractivity contribution >= 4 is 18.1 Å². The number of aromatic nitrogens is 2. The summed E-state index contributed by atoms with van der Waals surface area (Å²) >= 11 is 0. The maximum atomic E-state index is 11.8. The first-order valence-electron chi connectivity index (χ1n) is 7.84. The first-order valence-corrected chi connectivity index (χ1v) is 7.84. The number of hydrogen-bond donors (Lipinski definition) is 2. The van der Waals surface area contributed by atoms with Gasteiger partial charge in [0.1, 0.15) is 5.75 Å². The predicted molar refractivity (Wildman–Crippen MR) is 99.3 cm³/mol. The van der Waals surface area contributed by atoms with Gasteiger partial charge in [0.2, 0.25) is 5.95 Å². The fourth-order valence-electron chi connectivity index (χ4n) is 2.22. The van der Waals surface area contributed by atoms with Crippen LogP contribution in [-0.4, -0.2) is 22.2 Å². The molecule has 0 aliphatic carbocycles. The Labute approximate surface area is 149 Å². The predicted octanol–water partition coefficient (Wildman–Crippen LogP) is 2.81. The molecule has 0 aliphatic heterocycles. The molecule has 0 saturated carbocycles. The van der Waals surface area contributed by atoms with Crippen molar-refractivity contribution in [3.05, 3.63) is 76.6 Å². The highest BCUT2D eigenvalue weighted by Crippen LogP contribution is 2.15. The number of hydrazone groups is 1. The number of carbonyl (C=O) groups is 1. The number of ether oxygens (including phenoxy) is 1. The largest absolute Gasteiger partial charge is 0.427 e. The lowest BCUT2D eigenvalue weighted by Gasteiger charge is -2.04. The molecule has 0 saturated heterocycles. The lowest BCUT2D eigenvalue weighted by Crippen LogP contribution is -2.10. The molecule has 0 radical (unpaired) electrons. The molecule has 2 aromatic carbocycles. The molecule has 1 heterocycles. The summed E-state index contributed by atoms with van der Waals surface area (Å²) in [4.78, 5) is 29.6. The van der Waals surface area contributed by atoms with E-state index in [0.29, 0.717) is 11.4 Å². The van der Waals surface area contributed by atoms with E-state index in [1.54, 1.807) is 30.5 Å². The van der Waals surface area contributed by atoms with E-state index in [0.717, 1.165) is 11.1 Å². The van der Waals surface area contributed by atoms with Crippen LogP contribution in [0.2, 0.25) is 0 Å². The van der Waals surface area contributed by atoms with Gasteiger partial charge in [-0.15, -0.1) is 0 Å². The van der Waals surface area contributed by atoms with Crippen LogP contribution in [0.1, 0.15) is 12.5 Å². The summed E-state index contributed by atoms with van der Waals surface area (Å²) in [6.45, 7) is 1.34. The Morgan fingerprint density at radius 1 is 1.15 bits per heavy atom. The van der Waals surface area contributed by atoms with Crippen molar-refractivity contribution in [1.82, 2.24) is 9.97 Å². The van der Waals surface area contributed by atoms with Gasteiger partial charge in [-0.3, -0.25) is 14.6 Å². The lowest BCUT2D eigenvalue weighted by molar-refractivity contribution is -0.131. The Balaban J connectivity index is 1.71. The van der Waals surface area contributed by atoms with Gasteiger partial charge in [0.25, 0.3) is 5.56 Å². The van der Waals surface area contributed by atoms with Gasteiger partial charge >= 0.3 is 5.97 Å². The maximum absolute atomic E-state index is 11.8. The zero-order chi connectivity index (χ0) is 18.4. The molecule has 0 atom stereocenters. The topological polar surface area (TPSA) is 96.4 Å². The first kappa shape index (κ1) is 17.1. The molecule has 26 heavy (non-hydrogen) atoms. The fourth-order valence-corrected chi connectivity index (χ4v) is 2.22. The number of H-pyrrole nitrogens is 1. The number of benzene rings is 2. The van der Waals surface area contributed by atoms with Crippen LogP contribution in [0.4, 0.5) is 5.95 Å². The van der Waals surface area contributed by atoms with E-state index >= 15 is 0 Å². The average molecular weight is 348 g/mol. The zero-order valence-corrected chi connectivity index (χ0v) is 14.0. The number of anilines is 1. The van der Waals surface area contributed by atoms with Gasteiger partial charge in [-0.2, -0.15) is 5.10 Å². The van der Waals surface area contributed by atoms with Crippen LogP contribution in [0.3, 0.4) is 0 Å². The molecule has 0 unspecified atom stereocenters. The van der Waals surface area contributed by atoms with Crippen molar-refractivity contribution in [2.45, 2.75) is 6.92 Å². The molecule has 7 nitrogen and oxygen atoms in total. The second-order valence-electron chi connectivity index (χ2n) is 5.38. The molecule has 3 aromatic rings. The summed E-state index contributed by atoms with van der Waals surface area (Å²) in [5, 5.41) is 4.06. The van der Waals surface area contributed by atoms with Gasteiger partial charge in [0.15, 0.2) is 0 Å². The third-order valence-corrected chi connectivity index (χ3v) is 3.34. The van der Waals surface area contributed by atoms with E-state index in [9.17, 15) is 9.59 Å². The smallest absolute Gasteiger partial charge is 0.308 e. The van der Waals surface area contributed by atoms with E-state index in [1.165, 1.54) is 13.0 Å².